The molecule has 17 heavy (non-hydrogen) atoms. The van der Waals surface area contributed by atoms with Crippen LogP contribution in [-0.2, 0) is 5.75 Å². The highest BCUT2D eigenvalue weighted by molar-refractivity contribution is 7.98. The van der Waals surface area contributed by atoms with E-state index in [4.69, 9.17) is 5.73 Å². The first-order valence-corrected chi connectivity index (χ1v) is 6.28. The molecule has 0 aliphatic heterocycles. The van der Waals surface area contributed by atoms with E-state index >= 15 is 0 Å². The Bertz CT molecular complexity index is 507. The Labute approximate surface area is 105 Å². The molecule has 2 aromatic rings. The lowest BCUT2D eigenvalue weighted by molar-refractivity contribution is 0.923. The first-order valence-electron chi connectivity index (χ1n) is 5.30. The van der Waals surface area contributed by atoms with Gasteiger partial charge in [-0.2, -0.15) is 9.97 Å². The average Bonchev–Trinajstić information content (AvgIpc) is 2.25. The number of hydrogen-bond donors (Lipinski definition) is 1. The monoisotopic (exact) mass is 246 g/mol. The molecule has 2 N–H and O–H groups in total. The van der Waals surface area contributed by atoms with Crippen molar-refractivity contribution in [1.82, 2.24) is 15.0 Å². The van der Waals surface area contributed by atoms with Crippen LogP contribution in [0.2, 0.25) is 0 Å². The summed E-state index contributed by atoms with van der Waals surface area (Å²) < 4.78 is 0. The van der Waals surface area contributed by atoms with Gasteiger partial charge in [-0.05, 0) is 26.0 Å². The topological polar surface area (TPSA) is 64.7 Å². The van der Waals surface area contributed by atoms with Crippen molar-refractivity contribution in [3.8, 4) is 0 Å². The number of rotatable bonds is 3. The predicted molar refractivity (Wildman–Crippen MR) is 69.7 cm³/mol. The van der Waals surface area contributed by atoms with Crippen molar-refractivity contribution in [3.63, 3.8) is 0 Å². The zero-order valence-corrected chi connectivity index (χ0v) is 10.7. The van der Waals surface area contributed by atoms with Gasteiger partial charge in [0.1, 0.15) is 11.6 Å². The van der Waals surface area contributed by atoms with Crippen LogP contribution in [0.1, 0.15) is 17.2 Å². The van der Waals surface area contributed by atoms with Crippen LogP contribution in [0.5, 0.6) is 0 Å². The second-order valence-electron chi connectivity index (χ2n) is 3.76. The summed E-state index contributed by atoms with van der Waals surface area (Å²) in [6, 6.07) is 8.34. The van der Waals surface area contributed by atoms with Gasteiger partial charge in [0, 0.05) is 4.90 Å². The number of nitrogens with zero attached hydrogens (tertiary/aromatic N) is 3. The third kappa shape index (κ3) is 3.42. The molecule has 0 spiro atoms. The smallest absolute Gasteiger partial charge is 0.223 e. The van der Waals surface area contributed by atoms with Crippen LogP contribution in [0.15, 0.2) is 29.2 Å². The fourth-order valence-electron chi connectivity index (χ4n) is 1.48. The molecule has 0 saturated carbocycles. The summed E-state index contributed by atoms with van der Waals surface area (Å²) >= 11 is 1.70. The molecule has 1 aromatic heterocycles. The van der Waals surface area contributed by atoms with Crippen molar-refractivity contribution in [2.45, 2.75) is 24.5 Å². The second-order valence-corrected chi connectivity index (χ2v) is 4.81. The van der Waals surface area contributed by atoms with Gasteiger partial charge in [-0.15, -0.1) is 11.8 Å². The van der Waals surface area contributed by atoms with Gasteiger partial charge < -0.3 is 5.73 Å². The molecule has 0 radical (unpaired) electrons. The van der Waals surface area contributed by atoms with Crippen LogP contribution in [0, 0.1) is 13.8 Å². The summed E-state index contributed by atoms with van der Waals surface area (Å²) in [5.41, 5.74) is 6.83. The molecule has 0 atom stereocenters. The van der Waals surface area contributed by atoms with Gasteiger partial charge in [-0.25, -0.2) is 4.98 Å². The van der Waals surface area contributed by atoms with E-state index in [-0.39, 0.29) is 5.95 Å². The fraction of sp³-hybridized carbons (Fsp3) is 0.250. The lowest BCUT2D eigenvalue weighted by Crippen LogP contribution is -2.03. The van der Waals surface area contributed by atoms with E-state index in [1.807, 2.05) is 13.0 Å². The Balaban J connectivity index is 2.07. The third-order valence-electron chi connectivity index (χ3n) is 2.17. The molecule has 1 aromatic carbocycles. The van der Waals surface area contributed by atoms with Crippen LogP contribution in [0.4, 0.5) is 5.95 Å². The quantitative estimate of drug-likeness (QED) is 0.842. The summed E-state index contributed by atoms with van der Waals surface area (Å²) in [7, 11) is 0. The molecular formula is C12H14N4S. The lowest BCUT2D eigenvalue weighted by atomic mass is 10.2. The zero-order valence-electron chi connectivity index (χ0n) is 9.84. The molecule has 1 heterocycles. The average molecular weight is 246 g/mol. The van der Waals surface area contributed by atoms with Crippen LogP contribution >= 0.6 is 11.8 Å². The Morgan fingerprint density at radius 2 is 2.00 bits per heavy atom. The molecule has 5 heteroatoms. The minimum Gasteiger partial charge on any atom is -0.368 e. The summed E-state index contributed by atoms with van der Waals surface area (Å²) in [6.07, 6.45) is 0. The lowest BCUT2D eigenvalue weighted by Gasteiger charge is -2.03. The molecule has 0 bridgehead atoms. The molecular weight excluding hydrogens is 232 g/mol. The number of anilines is 1. The minimum atomic E-state index is 0.289. The molecule has 88 valence electrons. The molecule has 0 saturated heterocycles. The van der Waals surface area contributed by atoms with Gasteiger partial charge in [0.2, 0.25) is 5.95 Å². The third-order valence-corrected chi connectivity index (χ3v) is 3.16. The van der Waals surface area contributed by atoms with Gasteiger partial charge in [-0.1, -0.05) is 17.7 Å². The van der Waals surface area contributed by atoms with E-state index in [2.05, 4.69) is 40.1 Å². The Morgan fingerprint density at radius 1 is 1.18 bits per heavy atom. The van der Waals surface area contributed by atoms with Crippen molar-refractivity contribution in [3.05, 3.63) is 41.5 Å². The van der Waals surface area contributed by atoms with Crippen LogP contribution < -0.4 is 5.73 Å². The van der Waals surface area contributed by atoms with Gasteiger partial charge in [0.05, 0.1) is 5.75 Å². The van der Waals surface area contributed by atoms with Gasteiger partial charge >= 0.3 is 0 Å². The van der Waals surface area contributed by atoms with Crippen LogP contribution in [0.25, 0.3) is 0 Å². The highest BCUT2D eigenvalue weighted by Gasteiger charge is 2.02. The van der Waals surface area contributed by atoms with Crippen molar-refractivity contribution in [2.75, 3.05) is 5.73 Å². The van der Waals surface area contributed by atoms with E-state index in [9.17, 15) is 0 Å². The Hall–Kier alpha value is -1.62. The predicted octanol–water partition coefficient (Wildman–Crippen LogP) is 2.36. The number of thioether (sulfide) groups is 1. The summed E-state index contributed by atoms with van der Waals surface area (Å²) in [5.74, 6) is 2.38. The van der Waals surface area contributed by atoms with Crippen molar-refractivity contribution in [2.24, 2.45) is 0 Å². The largest absolute Gasteiger partial charge is 0.368 e. The molecule has 0 amide bonds. The standard InChI is InChI=1S/C12H14N4S/c1-8-4-3-5-10(6-8)17-7-11-14-9(2)15-12(13)16-11/h3-6H,7H2,1-2H3,(H2,13,14,15,16). The molecule has 0 aliphatic rings. The van der Waals surface area contributed by atoms with E-state index in [1.54, 1.807) is 11.8 Å². The van der Waals surface area contributed by atoms with Crippen molar-refractivity contribution < 1.29 is 0 Å². The second kappa shape index (κ2) is 5.14. The highest BCUT2D eigenvalue weighted by atomic mass is 32.2. The normalized spacial score (nSPS) is 10.5. The van der Waals surface area contributed by atoms with E-state index in [0.29, 0.717) is 11.6 Å². The zero-order chi connectivity index (χ0) is 12.3. The summed E-state index contributed by atoms with van der Waals surface area (Å²) in [5, 5.41) is 0. The maximum absolute atomic E-state index is 5.58. The first kappa shape index (κ1) is 11.9. The minimum absolute atomic E-state index is 0.289. The van der Waals surface area contributed by atoms with E-state index in [0.717, 1.165) is 5.82 Å². The molecule has 2 rings (SSSR count). The summed E-state index contributed by atoms with van der Waals surface area (Å²) in [6.45, 7) is 3.90. The summed E-state index contributed by atoms with van der Waals surface area (Å²) in [4.78, 5) is 13.5. The van der Waals surface area contributed by atoms with Gasteiger partial charge in [0.15, 0.2) is 0 Å². The number of hydrogen-bond acceptors (Lipinski definition) is 5. The van der Waals surface area contributed by atoms with Crippen LogP contribution in [-0.4, -0.2) is 15.0 Å². The molecule has 4 nitrogen and oxygen atoms in total. The number of benzene rings is 1. The Morgan fingerprint density at radius 3 is 2.71 bits per heavy atom. The van der Waals surface area contributed by atoms with Gasteiger partial charge in [-0.3, -0.25) is 0 Å². The number of aryl methyl sites for hydroxylation is 2. The number of aromatic nitrogens is 3. The first-order chi connectivity index (χ1) is 8.13. The van der Waals surface area contributed by atoms with Gasteiger partial charge in [0.25, 0.3) is 0 Å². The SMILES string of the molecule is Cc1cccc(SCc2nc(C)nc(N)n2)c1. The molecule has 0 fully saturated rings. The fourth-order valence-corrected chi connectivity index (χ4v) is 2.35. The van der Waals surface area contributed by atoms with Crippen molar-refractivity contribution in [1.29, 1.82) is 0 Å². The van der Waals surface area contributed by atoms with Crippen molar-refractivity contribution >= 4 is 17.7 Å². The van der Waals surface area contributed by atoms with E-state index < -0.39 is 0 Å². The maximum Gasteiger partial charge on any atom is 0.223 e. The maximum atomic E-state index is 5.58. The molecule has 0 aliphatic carbocycles. The highest BCUT2D eigenvalue weighted by Crippen LogP contribution is 2.22. The van der Waals surface area contributed by atoms with Crippen LogP contribution in [0.3, 0.4) is 0 Å². The Kier molecular flexibility index (Phi) is 3.58. The molecule has 0 unspecified atom stereocenters. The number of nitrogens with two attached hydrogens (primary N) is 1. The van der Waals surface area contributed by atoms with E-state index in [1.165, 1.54) is 10.5 Å². The number of nitrogen functional groups attached to an aromatic ring is 1.